The molecule has 0 radical (unpaired) electrons. The van der Waals surface area contributed by atoms with Gasteiger partial charge in [0.2, 0.25) is 5.91 Å². The molecule has 1 rings (SSSR count). The molecule has 17 heavy (non-hydrogen) atoms. The smallest absolute Gasteiger partial charge is 0.237 e. The Morgan fingerprint density at radius 3 is 2.65 bits per heavy atom. The lowest BCUT2D eigenvalue weighted by molar-refractivity contribution is -0.123. The van der Waals surface area contributed by atoms with Crippen LogP contribution in [0.5, 0.6) is 0 Å². The highest BCUT2D eigenvalue weighted by Gasteiger charge is 2.19. The maximum Gasteiger partial charge on any atom is 0.237 e. The molecule has 0 bridgehead atoms. The number of rotatable bonds is 4. The summed E-state index contributed by atoms with van der Waals surface area (Å²) in [5, 5.41) is 12.3. The maximum absolute atomic E-state index is 11.7. The molecule has 0 fully saturated rings. The third-order valence-corrected chi connectivity index (χ3v) is 2.65. The minimum Gasteiger partial charge on any atom is -0.353 e. The zero-order chi connectivity index (χ0) is 12.8. The number of nitrogens with one attached hydrogen (secondary N) is 1. The number of amides is 1. The molecule has 3 nitrogen and oxygen atoms in total. The first-order valence-electron chi connectivity index (χ1n) is 5.48. The van der Waals surface area contributed by atoms with Gasteiger partial charge in [-0.2, -0.15) is 5.26 Å². The first-order chi connectivity index (χ1) is 8.04. The second-order valence-electron chi connectivity index (χ2n) is 4.14. The van der Waals surface area contributed by atoms with Gasteiger partial charge in [-0.05, 0) is 31.9 Å². The van der Waals surface area contributed by atoms with Crippen molar-refractivity contribution in [3.8, 4) is 6.07 Å². The Morgan fingerprint density at radius 2 is 2.12 bits per heavy atom. The van der Waals surface area contributed by atoms with E-state index in [1.807, 2.05) is 38.1 Å². The number of benzene rings is 1. The van der Waals surface area contributed by atoms with Crippen molar-refractivity contribution in [3.63, 3.8) is 0 Å². The molecule has 0 aliphatic heterocycles. The summed E-state index contributed by atoms with van der Waals surface area (Å²) in [5.41, 5.74) is 0.819. The highest BCUT2D eigenvalue weighted by Crippen LogP contribution is 2.18. The van der Waals surface area contributed by atoms with E-state index in [0.29, 0.717) is 11.4 Å². The van der Waals surface area contributed by atoms with Crippen molar-refractivity contribution in [2.24, 2.45) is 5.92 Å². The second kappa shape index (κ2) is 6.27. The first-order valence-corrected chi connectivity index (χ1v) is 5.85. The Bertz CT molecular complexity index is 437. The molecule has 4 heteroatoms. The van der Waals surface area contributed by atoms with Crippen LogP contribution in [0, 0.1) is 17.2 Å². The van der Waals surface area contributed by atoms with E-state index in [2.05, 4.69) is 5.32 Å². The van der Waals surface area contributed by atoms with Crippen molar-refractivity contribution in [1.82, 2.24) is 5.32 Å². The van der Waals surface area contributed by atoms with Gasteiger partial charge in [0.05, 0.1) is 6.07 Å². The van der Waals surface area contributed by atoms with Gasteiger partial charge in [-0.15, -0.1) is 0 Å². The van der Waals surface area contributed by atoms with Crippen LogP contribution in [0.3, 0.4) is 0 Å². The minimum absolute atomic E-state index is 0.0320. The molecule has 1 amide bonds. The predicted molar refractivity (Wildman–Crippen MR) is 67.5 cm³/mol. The van der Waals surface area contributed by atoms with Gasteiger partial charge >= 0.3 is 0 Å². The molecular weight excluding hydrogens is 236 g/mol. The van der Waals surface area contributed by atoms with Crippen LogP contribution in [0.25, 0.3) is 0 Å². The fourth-order valence-electron chi connectivity index (χ4n) is 1.47. The third kappa shape index (κ3) is 4.08. The summed E-state index contributed by atoms with van der Waals surface area (Å²) in [6.07, 6.45) is 0.342. The molecule has 0 saturated heterocycles. The summed E-state index contributed by atoms with van der Waals surface area (Å²) in [7, 11) is 0. The quantitative estimate of drug-likeness (QED) is 0.893. The number of halogens is 1. The highest BCUT2D eigenvalue weighted by atomic mass is 35.5. The van der Waals surface area contributed by atoms with Crippen LogP contribution in [-0.2, 0) is 11.2 Å². The van der Waals surface area contributed by atoms with E-state index in [-0.39, 0.29) is 11.9 Å². The van der Waals surface area contributed by atoms with Gasteiger partial charge in [0.25, 0.3) is 0 Å². The minimum atomic E-state index is -0.697. The van der Waals surface area contributed by atoms with Crippen LogP contribution < -0.4 is 5.32 Å². The molecule has 1 aromatic carbocycles. The maximum atomic E-state index is 11.7. The summed E-state index contributed by atoms with van der Waals surface area (Å²) < 4.78 is 0. The molecule has 0 aromatic heterocycles. The summed E-state index contributed by atoms with van der Waals surface area (Å²) in [5.74, 6) is -0.945. The molecule has 0 aliphatic rings. The topological polar surface area (TPSA) is 52.9 Å². The van der Waals surface area contributed by atoms with Gasteiger partial charge in [0.15, 0.2) is 0 Å². The Kier molecular flexibility index (Phi) is 4.99. The molecule has 1 N–H and O–H groups in total. The van der Waals surface area contributed by atoms with Crippen LogP contribution in [-0.4, -0.2) is 11.9 Å². The molecule has 1 unspecified atom stereocenters. The van der Waals surface area contributed by atoms with Crippen molar-refractivity contribution in [3.05, 3.63) is 34.9 Å². The largest absolute Gasteiger partial charge is 0.353 e. The number of carbonyl (C=O) groups is 1. The lowest BCUT2D eigenvalue weighted by atomic mass is 9.99. The molecule has 90 valence electrons. The van der Waals surface area contributed by atoms with Gasteiger partial charge in [-0.3, -0.25) is 4.79 Å². The molecule has 1 atom stereocenters. The Morgan fingerprint density at radius 1 is 1.47 bits per heavy atom. The van der Waals surface area contributed by atoms with Crippen LogP contribution in [0.15, 0.2) is 24.3 Å². The molecule has 0 heterocycles. The number of nitrogens with zero attached hydrogens (tertiary/aromatic N) is 1. The Balaban J connectivity index is 2.75. The SMILES string of the molecule is CC(C)NC(=O)C(C#N)Cc1ccccc1Cl. The van der Waals surface area contributed by atoms with Crippen molar-refractivity contribution in [1.29, 1.82) is 5.26 Å². The summed E-state index contributed by atoms with van der Waals surface area (Å²) in [6, 6.07) is 9.29. The molecule has 1 aromatic rings. The van der Waals surface area contributed by atoms with E-state index in [1.54, 1.807) is 6.07 Å². The molecule has 0 saturated carbocycles. The van der Waals surface area contributed by atoms with Crippen LogP contribution >= 0.6 is 11.6 Å². The van der Waals surface area contributed by atoms with E-state index < -0.39 is 5.92 Å². The third-order valence-electron chi connectivity index (χ3n) is 2.29. The number of hydrogen-bond acceptors (Lipinski definition) is 2. The normalized spacial score (nSPS) is 11.9. The predicted octanol–water partition coefficient (Wildman–Crippen LogP) is 2.55. The van der Waals surface area contributed by atoms with Crippen molar-refractivity contribution < 1.29 is 4.79 Å². The fourth-order valence-corrected chi connectivity index (χ4v) is 1.68. The number of hydrogen-bond donors (Lipinski definition) is 1. The van der Waals surface area contributed by atoms with Gasteiger partial charge in [0, 0.05) is 11.1 Å². The van der Waals surface area contributed by atoms with Crippen LogP contribution in [0.1, 0.15) is 19.4 Å². The summed E-state index contributed by atoms with van der Waals surface area (Å²) in [6.45, 7) is 3.73. The van der Waals surface area contributed by atoms with E-state index in [9.17, 15) is 4.79 Å². The lowest BCUT2D eigenvalue weighted by Crippen LogP contribution is -2.35. The Labute approximate surface area is 106 Å². The van der Waals surface area contributed by atoms with Gasteiger partial charge in [-0.1, -0.05) is 29.8 Å². The van der Waals surface area contributed by atoms with Gasteiger partial charge in [0.1, 0.15) is 5.92 Å². The second-order valence-corrected chi connectivity index (χ2v) is 4.55. The fraction of sp³-hybridized carbons (Fsp3) is 0.385. The zero-order valence-electron chi connectivity index (χ0n) is 9.90. The summed E-state index contributed by atoms with van der Waals surface area (Å²) >= 11 is 5.99. The zero-order valence-corrected chi connectivity index (χ0v) is 10.7. The average molecular weight is 251 g/mol. The van der Waals surface area contributed by atoms with Crippen LogP contribution in [0.2, 0.25) is 5.02 Å². The average Bonchev–Trinajstić information content (AvgIpc) is 2.27. The lowest BCUT2D eigenvalue weighted by Gasteiger charge is -2.13. The molecular formula is C13H15ClN2O. The van der Waals surface area contributed by atoms with E-state index >= 15 is 0 Å². The van der Waals surface area contributed by atoms with Gasteiger partial charge < -0.3 is 5.32 Å². The van der Waals surface area contributed by atoms with Gasteiger partial charge in [-0.25, -0.2) is 0 Å². The van der Waals surface area contributed by atoms with E-state index in [1.165, 1.54) is 0 Å². The Hall–Kier alpha value is -1.53. The molecule has 0 aliphatic carbocycles. The number of carbonyl (C=O) groups excluding carboxylic acids is 1. The van der Waals surface area contributed by atoms with E-state index in [0.717, 1.165) is 5.56 Å². The molecule has 0 spiro atoms. The van der Waals surface area contributed by atoms with Crippen molar-refractivity contribution in [2.45, 2.75) is 26.3 Å². The van der Waals surface area contributed by atoms with Crippen molar-refractivity contribution >= 4 is 17.5 Å². The first kappa shape index (κ1) is 13.5. The monoisotopic (exact) mass is 250 g/mol. The highest BCUT2D eigenvalue weighted by molar-refractivity contribution is 6.31. The van der Waals surface area contributed by atoms with E-state index in [4.69, 9.17) is 16.9 Å². The standard InChI is InChI=1S/C13H15ClN2O/c1-9(2)16-13(17)11(8-15)7-10-5-3-4-6-12(10)14/h3-6,9,11H,7H2,1-2H3,(H,16,17). The number of nitriles is 1. The van der Waals surface area contributed by atoms with Crippen molar-refractivity contribution in [2.75, 3.05) is 0 Å². The summed E-state index contributed by atoms with van der Waals surface area (Å²) in [4.78, 5) is 11.7. The van der Waals surface area contributed by atoms with Crippen LogP contribution in [0.4, 0.5) is 0 Å².